The van der Waals surface area contributed by atoms with Crippen LogP contribution in [0.15, 0.2) is 0 Å². The summed E-state index contributed by atoms with van der Waals surface area (Å²) < 4.78 is 0. The van der Waals surface area contributed by atoms with Crippen LogP contribution in [0, 0.1) is 40.4 Å². The van der Waals surface area contributed by atoms with Gasteiger partial charge in [0.1, 0.15) is 0 Å². The first kappa shape index (κ1) is 11.1. The lowest BCUT2D eigenvalue weighted by Crippen LogP contribution is -2.57. The van der Waals surface area contributed by atoms with Crippen molar-refractivity contribution in [2.75, 3.05) is 0 Å². The zero-order valence-electron chi connectivity index (χ0n) is 11.7. The first-order valence-electron chi connectivity index (χ1n) is 7.30. The predicted octanol–water partition coefficient (Wildman–Crippen LogP) is 4.74. The van der Waals surface area contributed by atoms with Crippen molar-refractivity contribution in [3.8, 4) is 0 Å². The molecule has 0 unspecified atom stereocenters. The van der Waals surface area contributed by atoms with E-state index in [0.29, 0.717) is 10.8 Å². The normalized spacial score (nSPS) is 49.7. The van der Waals surface area contributed by atoms with E-state index in [0.717, 1.165) is 29.6 Å². The number of hydrogen-bond donors (Lipinski definition) is 0. The largest absolute Gasteiger partial charge is 0.0599 e. The Morgan fingerprint density at radius 1 is 0.938 bits per heavy atom. The van der Waals surface area contributed by atoms with Gasteiger partial charge in [0, 0.05) is 0 Å². The van der Waals surface area contributed by atoms with Crippen LogP contribution in [-0.4, -0.2) is 0 Å². The molecule has 4 fully saturated rings. The van der Waals surface area contributed by atoms with E-state index in [9.17, 15) is 0 Å². The van der Waals surface area contributed by atoms with Crippen molar-refractivity contribution >= 4 is 0 Å². The highest BCUT2D eigenvalue weighted by Gasteiger charge is 2.59. The Hall–Kier alpha value is 0. The van der Waals surface area contributed by atoms with Gasteiger partial charge in [-0.3, -0.25) is 0 Å². The van der Waals surface area contributed by atoms with Gasteiger partial charge in [0.25, 0.3) is 0 Å². The fourth-order valence-corrected chi connectivity index (χ4v) is 5.79. The minimum absolute atomic E-state index is 0.528. The minimum Gasteiger partial charge on any atom is -0.0599 e. The molecule has 4 saturated carbocycles. The van der Waals surface area contributed by atoms with Crippen LogP contribution in [-0.2, 0) is 0 Å². The number of rotatable bonds is 0. The summed E-state index contributed by atoms with van der Waals surface area (Å²) >= 11 is 0. The first-order valence-corrected chi connectivity index (χ1v) is 7.30. The molecule has 0 heteroatoms. The van der Waals surface area contributed by atoms with Gasteiger partial charge >= 0.3 is 0 Å². The lowest BCUT2D eigenvalue weighted by Gasteiger charge is -2.65. The molecule has 4 rings (SSSR count). The highest BCUT2D eigenvalue weighted by Crippen LogP contribution is 2.67. The molecule has 0 aromatic heterocycles. The van der Waals surface area contributed by atoms with E-state index < -0.39 is 0 Å². The molecule has 0 aliphatic heterocycles. The third-order valence-corrected chi connectivity index (χ3v) is 6.38. The van der Waals surface area contributed by atoms with E-state index in [2.05, 4.69) is 34.6 Å². The van der Waals surface area contributed by atoms with Crippen LogP contribution in [0.5, 0.6) is 0 Å². The third kappa shape index (κ3) is 1.34. The Bertz CT molecular complexity index is 294. The molecule has 16 heavy (non-hydrogen) atoms. The van der Waals surface area contributed by atoms with Crippen molar-refractivity contribution in [2.24, 2.45) is 40.4 Å². The van der Waals surface area contributed by atoms with Gasteiger partial charge in [0.05, 0.1) is 0 Å². The number of hydrogen-bond acceptors (Lipinski definition) is 0. The summed E-state index contributed by atoms with van der Waals surface area (Å²) in [7, 11) is 0. The van der Waals surface area contributed by atoms with Crippen LogP contribution in [0.4, 0.5) is 0 Å². The highest BCUT2D eigenvalue weighted by atomic mass is 14.6. The second kappa shape index (κ2) is 3.06. The monoisotopic (exact) mass is 220 g/mol. The quantitative estimate of drug-likeness (QED) is 0.553. The molecule has 92 valence electrons. The zero-order chi connectivity index (χ0) is 11.7. The Labute approximate surface area is 101 Å². The molecule has 0 amide bonds. The topological polar surface area (TPSA) is 0 Å². The van der Waals surface area contributed by atoms with Crippen LogP contribution in [0.1, 0.15) is 60.3 Å². The van der Waals surface area contributed by atoms with Gasteiger partial charge < -0.3 is 0 Å². The average Bonchev–Trinajstić information content (AvgIpc) is 2.11. The zero-order valence-corrected chi connectivity index (χ0v) is 11.7. The lowest BCUT2D eigenvalue weighted by molar-refractivity contribution is -0.160. The SMILES string of the molecule is CC(C)(C)[C@@H]1[C@H]2C[C@@H]3C[C@H](C2)C(C)(C)[C@H]1C3. The third-order valence-electron chi connectivity index (χ3n) is 6.38. The van der Waals surface area contributed by atoms with Gasteiger partial charge in [0.2, 0.25) is 0 Å². The van der Waals surface area contributed by atoms with Crippen LogP contribution in [0.2, 0.25) is 0 Å². The summed E-state index contributed by atoms with van der Waals surface area (Å²) in [5.74, 6) is 5.23. The van der Waals surface area contributed by atoms with Crippen molar-refractivity contribution in [1.82, 2.24) is 0 Å². The van der Waals surface area contributed by atoms with E-state index in [4.69, 9.17) is 0 Å². The van der Waals surface area contributed by atoms with Crippen molar-refractivity contribution < 1.29 is 0 Å². The van der Waals surface area contributed by atoms with Crippen molar-refractivity contribution in [3.63, 3.8) is 0 Å². The van der Waals surface area contributed by atoms with Crippen LogP contribution in [0.25, 0.3) is 0 Å². The Morgan fingerprint density at radius 3 is 2.25 bits per heavy atom. The maximum Gasteiger partial charge on any atom is -0.0294 e. The first-order chi connectivity index (χ1) is 7.30. The van der Waals surface area contributed by atoms with Crippen LogP contribution >= 0.6 is 0 Å². The molecule has 4 bridgehead atoms. The Kier molecular flexibility index (Phi) is 2.12. The van der Waals surface area contributed by atoms with Crippen LogP contribution in [0.3, 0.4) is 0 Å². The van der Waals surface area contributed by atoms with Crippen LogP contribution < -0.4 is 0 Å². The second-order valence-corrected chi connectivity index (χ2v) is 8.59. The molecule has 0 spiro atoms. The maximum atomic E-state index is 2.57. The smallest absolute Gasteiger partial charge is 0.0294 e. The summed E-state index contributed by atoms with van der Waals surface area (Å²) in [5, 5.41) is 0. The molecule has 0 aromatic rings. The van der Waals surface area contributed by atoms with Gasteiger partial charge in [-0.1, -0.05) is 34.6 Å². The van der Waals surface area contributed by atoms with E-state index >= 15 is 0 Å². The predicted molar refractivity (Wildman–Crippen MR) is 69.2 cm³/mol. The molecule has 4 aliphatic carbocycles. The molecule has 0 saturated heterocycles. The summed E-state index contributed by atoms with van der Waals surface area (Å²) in [6.07, 6.45) is 6.20. The lowest BCUT2D eigenvalue weighted by atomic mass is 9.40. The fraction of sp³-hybridized carbons (Fsp3) is 1.00. The minimum atomic E-state index is 0.528. The van der Waals surface area contributed by atoms with E-state index in [1.807, 2.05) is 0 Å². The van der Waals surface area contributed by atoms with Gasteiger partial charge in [-0.05, 0) is 66.1 Å². The molecular formula is C16H28. The Morgan fingerprint density at radius 2 is 1.62 bits per heavy atom. The molecule has 0 heterocycles. The van der Waals surface area contributed by atoms with E-state index in [-0.39, 0.29) is 0 Å². The molecule has 5 atom stereocenters. The molecule has 0 nitrogen and oxygen atoms in total. The standard InChI is InChI=1S/C16H28/c1-15(2,3)14-11-6-10-7-12(9-11)16(4,5)13(14)8-10/h10-14H,6-9H2,1-5H3/t10-,11+,12-,13+,14-/m1/s1. The summed E-state index contributed by atoms with van der Waals surface area (Å²) in [5.41, 5.74) is 1.16. The van der Waals surface area contributed by atoms with Gasteiger partial charge in [0.15, 0.2) is 0 Å². The molecular weight excluding hydrogens is 192 g/mol. The van der Waals surface area contributed by atoms with E-state index in [1.165, 1.54) is 0 Å². The highest BCUT2D eigenvalue weighted by molar-refractivity contribution is 5.08. The summed E-state index contributed by atoms with van der Waals surface area (Å²) in [4.78, 5) is 0. The molecule has 4 aliphatic rings. The van der Waals surface area contributed by atoms with Crippen molar-refractivity contribution in [2.45, 2.75) is 60.3 Å². The Balaban J connectivity index is 1.98. The van der Waals surface area contributed by atoms with Crippen molar-refractivity contribution in [3.05, 3.63) is 0 Å². The van der Waals surface area contributed by atoms with E-state index in [1.54, 1.807) is 25.7 Å². The molecule has 0 aromatic carbocycles. The van der Waals surface area contributed by atoms with Gasteiger partial charge in [-0.15, -0.1) is 0 Å². The summed E-state index contributed by atoms with van der Waals surface area (Å²) in [6.45, 7) is 12.6. The molecule has 0 radical (unpaired) electrons. The van der Waals surface area contributed by atoms with Crippen molar-refractivity contribution in [1.29, 1.82) is 0 Å². The van der Waals surface area contributed by atoms with Gasteiger partial charge in [-0.25, -0.2) is 0 Å². The molecule has 0 N–H and O–H groups in total. The van der Waals surface area contributed by atoms with Gasteiger partial charge in [-0.2, -0.15) is 0 Å². The fourth-order valence-electron chi connectivity index (χ4n) is 5.79. The maximum absolute atomic E-state index is 2.57. The summed E-state index contributed by atoms with van der Waals surface area (Å²) in [6, 6.07) is 0. The second-order valence-electron chi connectivity index (χ2n) is 8.59. The average molecular weight is 220 g/mol.